The fraction of sp³-hybridized carbons (Fsp3) is 0.438. The van der Waals surface area contributed by atoms with Crippen LogP contribution in [0.25, 0.3) is 0 Å². The summed E-state index contributed by atoms with van der Waals surface area (Å²) in [7, 11) is 1.97. The molecule has 1 aliphatic heterocycles. The molecule has 1 atom stereocenters. The van der Waals surface area contributed by atoms with E-state index in [1.807, 2.05) is 17.8 Å². The molecule has 0 amide bonds. The molecule has 2 heterocycles. The molecule has 0 spiro atoms. The summed E-state index contributed by atoms with van der Waals surface area (Å²) < 4.78 is 7.58. The van der Waals surface area contributed by atoms with E-state index < -0.39 is 0 Å². The van der Waals surface area contributed by atoms with E-state index in [0.717, 1.165) is 43.1 Å². The Hall–Kier alpha value is -1.97. The number of ether oxygens (including phenoxy) is 1. The van der Waals surface area contributed by atoms with E-state index in [4.69, 9.17) is 4.74 Å². The van der Waals surface area contributed by atoms with Crippen LogP contribution in [0.4, 0.5) is 5.69 Å². The van der Waals surface area contributed by atoms with Gasteiger partial charge in [0.25, 0.3) is 0 Å². The Bertz CT molecular complexity index is 591. The number of nitrogens with zero attached hydrogens (tertiary/aromatic N) is 2. The van der Waals surface area contributed by atoms with Crippen LogP contribution >= 0.6 is 0 Å². The summed E-state index contributed by atoms with van der Waals surface area (Å²) in [4.78, 5) is 0. The Morgan fingerprint density at radius 3 is 3.10 bits per heavy atom. The molecule has 0 saturated heterocycles. The van der Waals surface area contributed by atoms with Crippen molar-refractivity contribution in [2.45, 2.75) is 25.7 Å². The lowest BCUT2D eigenvalue weighted by Crippen LogP contribution is -2.20. The number of fused-ring (bicyclic) bond motifs is 1. The van der Waals surface area contributed by atoms with E-state index in [-0.39, 0.29) is 0 Å². The Balaban J connectivity index is 1.73. The molecule has 1 aromatic carbocycles. The van der Waals surface area contributed by atoms with E-state index in [9.17, 15) is 0 Å². The van der Waals surface area contributed by atoms with Gasteiger partial charge in [0, 0.05) is 25.7 Å². The van der Waals surface area contributed by atoms with Gasteiger partial charge in [-0.1, -0.05) is 25.1 Å². The van der Waals surface area contributed by atoms with Crippen LogP contribution in [0.3, 0.4) is 0 Å². The van der Waals surface area contributed by atoms with Crippen LogP contribution in [-0.4, -0.2) is 22.9 Å². The van der Waals surface area contributed by atoms with Crippen LogP contribution in [-0.2, 0) is 13.5 Å². The van der Waals surface area contributed by atoms with Gasteiger partial charge in [0.05, 0.1) is 18.0 Å². The van der Waals surface area contributed by atoms with Crippen LogP contribution in [0, 0.1) is 0 Å². The summed E-state index contributed by atoms with van der Waals surface area (Å²) in [6, 6.07) is 8.35. The largest absolute Gasteiger partial charge is 0.493 e. The van der Waals surface area contributed by atoms with Crippen molar-refractivity contribution in [1.29, 1.82) is 0 Å². The standard InChI is InChI=1S/C16H21N3O/c1-3-14-15(11-19(2)18-14)17-10-12-8-9-20-16-7-5-4-6-13(12)16/h4-7,11-12,17H,3,8-10H2,1-2H3. The maximum absolute atomic E-state index is 5.71. The molecule has 1 N–H and O–H groups in total. The molecule has 4 heteroatoms. The summed E-state index contributed by atoms with van der Waals surface area (Å²) in [6.45, 7) is 3.87. The first-order chi connectivity index (χ1) is 9.78. The lowest BCUT2D eigenvalue weighted by atomic mass is 9.93. The number of hydrogen-bond donors (Lipinski definition) is 1. The Morgan fingerprint density at radius 2 is 2.25 bits per heavy atom. The van der Waals surface area contributed by atoms with Crippen LogP contribution in [0.2, 0.25) is 0 Å². The molecule has 4 nitrogen and oxygen atoms in total. The Kier molecular flexibility index (Phi) is 3.63. The second-order valence-electron chi connectivity index (χ2n) is 5.27. The molecule has 106 valence electrons. The predicted octanol–water partition coefficient (Wildman–Crippen LogP) is 2.96. The van der Waals surface area contributed by atoms with Gasteiger partial charge >= 0.3 is 0 Å². The molecule has 0 fully saturated rings. The van der Waals surface area contributed by atoms with Gasteiger partial charge in [-0.25, -0.2) is 0 Å². The molecule has 0 bridgehead atoms. The van der Waals surface area contributed by atoms with Gasteiger partial charge in [-0.2, -0.15) is 5.10 Å². The summed E-state index contributed by atoms with van der Waals surface area (Å²) in [5, 5.41) is 8.02. The summed E-state index contributed by atoms with van der Waals surface area (Å²) >= 11 is 0. The molecule has 20 heavy (non-hydrogen) atoms. The quantitative estimate of drug-likeness (QED) is 0.929. The molecular weight excluding hydrogens is 250 g/mol. The summed E-state index contributed by atoms with van der Waals surface area (Å²) in [5.74, 6) is 1.54. The first kappa shape index (κ1) is 13.0. The van der Waals surface area contributed by atoms with Crippen LogP contribution in [0.1, 0.15) is 30.5 Å². The van der Waals surface area contributed by atoms with E-state index in [2.05, 4.69) is 41.7 Å². The number of para-hydroxylation sites is 1. The summed E-state index contributed by atoms with van der Waals surface area (Å²) in [6.07, 6.45) is 4.07. The van der Waals surface area contributed by atoms with Crippen molar-refractivity contribution in [1.82, 2.24) is 9.78 Å². The van der Waals surface area contributed by atoms with Gasteiger partial charge in [0.15, 0.2) is 0 Å². The number of hydrogen-bond acceptors (Lipinski definition) is 3. The Morgan fingerprint density at radius 1 is 1.40 bits per heavy atom. The molecule has 0 aliphatic carbocycles. The van der Waals surface area contributed by atoms with Crippen LogP contribution in [0.15, 0.2) is 30.5 Å². The van der Waals surface area contributed by atoms with Crippen molar-refractivity contribution in [3.05, 3.63) is 41.7 Å². The molecule has 2 aromatic rings. The minimum absolute atomic E-state index is 0.505. The third-order valence-electron chi connectivity index (χ3n) is 3.86. The average molecular weight is 271 g/mol. The minimum Gasteiger partial charge on any atom is -0.493 e. The molecule has 3 rings (SSSR count). The van der Waals surface area contributed by atoms with Crippen molar-refractivity contribution in [2.24, 2.45) is 7.05 Å². The smallest absolute Gasteiger partial charge is 0.122 e. The highest BCUT2D eigenvalue weighted by Crippen LogP contribution is 2.33. The van der Waals surface area contributed by atoms with E-state index in [1.165, 1.54) is 5.56 Å². The highest BCUT2D eigenvalue weighted by Gasteiger charge is 2.21. The van der Waals surface area contributed by atoms with Gasteiger partial charge in [0.2, 0.25) is 0 Å². The average Bonchev–Trinajstić information content (AvgIpc) is 2.85. The predicted molar refractivity (Wildman–Crippen MR) is 80.4 cm³/mol. The zero-order chi connectivity index (χ0) is 13.9. The third-order valence-corrected chi connectivity index (χ3v) is 3.86. The number of benzene rings is 1. The maximum atomic E-state index is 5.71. The number of aryl methyl sites for hydroxylation is 2. The van der Waals surface area contributed by atoms with Gasteiger partial charge in [-0.05, 0) is 24.5 Å². The number of rotatable bonds is 4. The minimum atomic E-state index is 0.505. The zero-order valence-electron chi connectivity index (χ0n) is 12.1. The summed E-state index contributed by atoms with van der Waals surface area (Å²) in [5.41, 5.74) is 3.60. The third kappa shape index (κ3) is 2.50. The SMILES string of the molecule is CCc1nn(C)cc1NCC1CCOc2ccccc21. The van der Waals surface area contributed by atoms with E-state index in [1.54, 1.807) is 0 Å². The van der Waals surface area contributed by atoms with Crippen LogP contribution < -0.4 is 10.1 Å². The number of anilines is 1. The van der Waals surface area contributed by atoms with Crippen molar-refractivity contribution < 1.29 is 4.74 Å². The van der Waals surface area contributed by atoms with Crippen molar-refractivity contribution in [3.63, 3.8) is 0 Å². The van der Waals surface area contributed by atoms with Gasteiger partial charge < -0.3 is 10.1 Å². The van der Waals surface area contributed by atoms with Gasteiger partial charge in [-0.3, -0.25) is 4.68 Å². The second-order valence-corrected chi connectivity index (χ2v) is 5.27. The molecule has 1 aromatic heterocycles. The lowest BCUT2D eigenvalue weighted by molar-refractivity contribution is 0.270. The normalized spacial score (nSPS) is 17.4. The zero-order valence-corrected chi connectivity index (χ0v) is 12.1. The van der Waals surface area contributed by atoms with Crippen LogP contribution in [0.5, 0.6) is 5.75 Å². The van der Waals surface area contributed by atoms with Crippen molar-refractivity contribution in [2.75, 3.05) is 18.5 Å². The van der Waals surface area contributed by atoms with Gasteiger partial charge in [-0.15, -0.1) is 0 Å². The monoisotopic (exact) mass is 271 g/mol. The van der Waals surface area contributed by atoms with E-state index in [0.29, 0.717) is 5.92 Å². The van der Waals surface area contributed by atoms with Crippen molar-refractivity contribution in [3.8, 4) is 5.75 Å². The van der Waals surface area contributed by atoms with Crippen molar-refractivity contribution >= 4 is 5.69 Å². The number of aromatic nitrogens is 2. The van der Waals surface area contributed by atoms with Gasteiger partial charge in [0.1, 0.15) is 5.75 Å². The molecule has 1 unspecified atom stereocenters. The molecule has 1 aliphatic rings. The second kappa shape index (κ2) is 5.57. The fourth-order valence-electron chi connectivity index (χ4n) is 2.80. The maximum Gasteiger partial charge on any atom is 0.122 e. The molecule has 0 radical (unpaired) electrons. The fourth-order valence-corrected chi connectivity index (χ4v) is 2.80. The first-order valence-corrected chi connectivity index (χ1v) is 7.26. The highest BCUT2D eigenvalue weighted by molar-refractivity contribution is 5.47. The lowest BCUT2D eigenvalue weighted by Gasteiger charge is -2.26. The highest BCUT2D eigenvalue weighted by atomic mass is 16.5. The molecule has 0 saturated carbocycles. The molecular formula is C16H21N3O. The Labute approximate surface area is 119 Å². The topological polar surface area (TPSA) is 39.1 Å². The van der Waals surface area contributed by atoms with E-state index >= 15 is 0 Å². The number of nitrogens with one attached hydrogen (secondary N) is 1. The first-order valence-electron chi connectivity index (χ1n) is 7.26.